The van der Waals surface area contributed by atoms with E-state index in [9.17, 15) is 9.59 Å². The number of amides is 2. The van der Waals surface area contributed by atoms with Gasteiger partial charge >= 0.3 is 0 Å². The smallest absolute Gasteiger partial charge is 0.260 e. The maximum absolute atomic E-state index is 13.3. The Bertz CT molecular complexity index is 895. The number of carbonyl (C=O) groups excluding carboxylic acids is 2. The molecule has 6 nitrogen and oxygen atoms in total. The van der Waals surface area contributed by atoms with Gasteiger partial charge in [-0.25, -0.2) is 0 Å². The Kier molecular flexibility index (Phi) is 15.3. The molecular weight excluding hydrogens is 476 g/mol. The number of likely N-dealkylation sites (N-methyl/N-ethyl adjacent to an activating group) is 1. The Labute approximate surface area is 231 Å². The van der Waals surface area contributed by atoms with Gasteiger partial charge in [-0.1, -0.05) is 89.7 Å². The van der Waals surface area contributed by atoms with Crippen LogP contribution in [0.15, 0.2) is 42.6 Å². The molecule has 212 valence electrons. The number of nitrogens with zero attached hydrogens (tertiary/aromatic N) is 2. The summed E-state index contributed by atoms with van der Waals surface area (Å²) in [5.74, 6) is 0.524. The Morgan fingerprint density at radius 1 is 0.868 bits per heavy atom. The van der Waals surface area contributed by atoms with Gasteiger partial charge < -0.3 is 14.4 Å². The minimum absolute atomic E-state index is 0.0436. The second-order valence-electron chi connectivity index (χ2n) is 10.2. The molecule has 0 fully saturated rings. The number of unbranched alkanes of at least 4 members (excludes halogenated alkanes) is 11. The highest BCUT2D eigenvalue weighted by Gasteiger charge is 2.26. The third-order valence-electron chi connectivity index (χ3n) is 7.17. The quantitative estimate of drug-likeness (QED) is 0.174. The van der Waals surface area contributed by atoms with Crippen molar-refractivity contribution < 1.29 is 19.1 Å². The van der Waals surface area contributed by atoms with Crippen molar-refractivity contribution in [3.05, 3.63) is 48.2 Å². The number of allylic oxidation sites excluding steroid dienone is 2. The minimum atomic E-state index is -0.331. The van der Waals surface area contributed by atoms with Crippen molar-refractivity contribution >= 4 is 11.8 Å². The third-order valence-corrected chi connectivity index (χ3v) is 7.17. The van der Waals surface area contributed by atoms with Gasteiger partial charge in [-0.3, -0.25) is 14.5 Å². The summed E-state index contributed by atoms with van der Waals surface area (Å²) in [7, 11) is 1.57. The Hall–Kier alpha value is -2.76. The van der Waals surface area contributed by atoms with Gasteiger partial charge in [-0.05, 0) is 43.8 Å². The van der Waals surface area contributed by atoms with Crippen molar-refractivity contribution in [2.45, 2.75) is 104 Å². The molecule has 1 aliphatic rings. The normalized spacial score (nSPS) is 14.5. The van der Waals surface area contributed by atoms with Crippen LogP contribution in [0.25, 0.3) is 0 Å². The first-order valence-electron chi connectivity index (χ1n) is 14.8. The zero-order valence-corrected chi connectivity index (χ0v) is 24.3. The minimum Gasteiger partial charge on any atom is -0.493 e. The van der Waals surface area contributed by atoms with Crippen LogP contribution in [-0.2, 0) is 4.79 Å². The molecule has 0 radical (unpaired) electrons. The Morgan fingerprint density at radius 2 is 1.50 bits per heavy atom. The lowest BCUT2D eigenvalue weighted by Gasteiger charge is -2.32. The molecule has 1 aromatic carbocycles. The zero-order chi connectivity index (χ0) is 27.6. The van der Waals surface area contributed by atoms with Crippen LogP contribution in [0.2, 0.25) is 0 Å². The summed E-state index contributed by atoms with van der Waals surface area (Å²) in [5.41, 5.74) is 0.410. The van der Waals surface area contributed by atoms with E-state index in [0.29, 0.717) is 30.2 Å². The van der Waals surface area contributed by atoms with Gasteiger partial charge in [0.2, 0.25) is 5.91 Å². The van der Waals surface area contributed by atoms with Crippen molar-refractivity contribution in [3.8, 4) is 11.5 Å². The maximum atomic E-state index is 13.3. The van der Waals surface area contributed by atoms with Crippen LogP contribution in [0, 0.1) is 0 Å². The third kappa shape index (κ3) is 10.9. The zero-order valence-electron chi connectivity index (χ0n) is 24.3. The van der Waals surface area contributed by atoms with Crippen molar-refractivity contribution in [1.29, 1.82) is 0 Å². The molecule has 1 aliphatic heterocycles. The Morgan fingerprint density at radius 3 is 2.08 bits per heavy atom. The molecule has 0 aromatic heterocycles. The highest BCUT2D eigenvalue weighted by atomic mass is 16.5. The highest BCUT2D eigenvalue weighted by molar-refractivity contribution is 6.04. The molecule has 0 bridgehead atoms. The number of carbonyl (C=O) groups is 2. The summed E-state index contributed by atoms with van der Waals surface area (Å²) >= 11 is 0. The summed E-state index contributed by atoms with van der Waals surface area (Å²) in [5, 5.41) is 0. The van der Waals surface area contributed by atoms with Gasteiger partial charge in [-0.2, -0.15) is 0 Å². The molecule has 1 aromatic rings. The first kappa shape index (κ1) is 31.5. The van der Waals surface area contributed by atoms with Crippen LogP contribution in [0.1, 0.15) is 108 Å². The molecular formula is C32H50N2O4. The van der Waals surface area contributed by atoms with E-state index < -0.39 is 0 Å². The SMILES string of the molecule is CCCCCCCCCCCCCCOc1ccc(C(=O)N(CC2C=CC=CN2CC)C(C)=O)cc1OC. The van der Waals surface area contributed by atoms with E-state index >= 15 is 0 Å². The molecule has 2 rings (SSSR count). The molecule has 1 unspecified atom stereocenters. The van der Waals surface area contributed by atoms with E-state index in [1.807, 2.05) is 24.4 Å². The van der Waals surface area contributed by atoms with Gasteiger partial charge in [0.05, 0.1) is 26.3 Å². The fraction of sp³-hybridized carbons (Fsp3) is 0.625. The molecule has 0 saturated carbocycles. The molecule has 0 aliphatic carbocycles. The lowest BCUT2D eigenvalue weighted by atomic mass is 10.1. The van der Waals surface area contributed by atoms with Crippen molar-refractivity contribution in [1.82, 2.24) is 9.80 Å². The molecule has 0 saturated heterocycles. The predicted octanol–water partition coefficient (Wildman–Crippen LogP) is 7.54. The fourth-order valence-corrected chi connectivity index (χ4v) is 4.82. The number of imide groups is 1. The fourth-order valence-electron chi connectivity index (χ4n) is 4.82. The van der Waals surface area contributed by atoms with Gasteiger partial charge in [0.15, 0.2) is 11.5 Å². The molecule has 0 spiro atoms. The largest absolute Gasteiger partial charge is 0.493 e. The molecule has 38 heavy (non-hydrogen) atoms. The van der Waals surface area contributed by atoms with Gasteiger partial charge in [0.25, 0.3) is 5.91 Å². The summed E-state index contributed by atoms with van der Waals surface area (Å²) in [6.45, 7) is 7.46. The first-order valence-corrected chi connectivity index (χ1v) is 14.8. The van der Waals surface area contributed by atoms with E-state index in [1.54, 1.807) is 25.3 Å². The van der Waals surface area contributed by atoms with Crippen LogP contribution < -0.4 is 9.47 Å². The first-order chi connectivity index (χ1) is 18.5. The Balaban J connectivity index is 1.77. The number of benzene rings is 1. The van der Waals surface area contributed by atoms with Gasteiger partial charge in [-0.15, -0.1) is 0 Å². The summed E-state index contributed by atoms with van der Waals surface area (Å²) in [4.78, 5) is 29.1. The van der Waals surface area contributed by atoms with Crippen LogP contribution in [0.5, 0.6) is 11.5 Å². The lowest BCUT2D eigenvalue weighted by molar-refractivity contribution is -0.126. The molecule has 2 amide bonds. The van der Waals surface area contributed by atoms with Crippen LogP contribution in [0.3, 0.4) is 0 Å². The molecule has 0 N–H and O–H groups in total. The average Bonchev–Trinajstić information content (AvgIpc) is 2.93. The summed E-state index contributed by atoms with van der Waals surface area (Å²) in [6, 6.07) is 5.11. The van der Waals surface area contributed by atoms with Crippen LogP contribution >= 0.6 is 0 Å². The van der Waals surface area contributed by atoms with E-state index in [4.69, 9.17) is 9.47 Å². The van der Waals surface area contributed by atoms with E-state index in [1.165, 1.54) is 76.0 Å². The summed E-state index contributed by atoms with van der Waals surface area (Å²) < 4.78 is 11.5. The lowest BCUT2D eigenvalue weighted by Crippen LogP contribution is -2.45. The average molecular weight is 527 g/mol. The van der Waals surface area contributed by atoms with E-state index in [2.05, 4.69) is 18.7 Å². The number of hydrogen-bond acceptors (Lipinski definition) is 5. The van der Waals surface area contributed by atoms with E-state index in [-0.39, 0.29) is 17.9 Å². The van der Waals surface area contributed by atoms with Crippen LogP contribution in [0.4, 0.5) is 0 Å². The number of methoxy groups -OCH3 is 1. The standard InChI is InChI=1S/C32H50N2O4/c1-5-7-8-9-10-11-12-13-14-15-16-19-24-38-30-22-21-28(25-31(30)37-4)32(36)34(27(3)35)26-29-20-17-18-23-33(29)6-2/h17-18,20-23,25,29H,5-16,19,24,26H2,1-4H3. The molecule has 1 heterocycles. The van der Waals surface area contributed by atoms with Crippen molar-refractivity contribution in [3.63, 3.8) is 0 Å². The number of ether oxygens (including phenoxy) is 2. The van der Waals surface area contributed by atoms with Gasteiger partial charge in [0.1, 0.15) is 0 Å². The van der Waals surface area contributed by atoms with Crippen LogP contribution in [-0.4, -0.2) is 54.5 Å². The maximum Gasteiger partial charge on any atom is 0.260 e. The van der Waals surface area contributed by atoms with Gasteiger partial charge in [0, 0.05) is 19.0 Å². The number of rotatable bonds is 19. The monoisotopic (exact) mass is 526 g/mol. The molecule has 6 heteroatoms. The highest BCUT2D eigenvalue weighted by Crippen LogP contribution is 2.29. The van der Waals surface area contributed by atoms with E-state index in [0.717, 1.165) is 19.4 Å². The predicted molar refractivity (Wildman–Crippen MR) is 156 cm³/mol. The second-order valence-corrected chi connectivity index (χ2v) is 10.2. The second kappa shape index (κ2) is 18.5. The molecule has 1 atom stereocenters. The van der Waals surface area contributed by atoms with Crippen molar-refractivity contribution in [2.24, 2.45) is 0 Å². The number of hydrogen-bond donors (Lipinski definition) is 0. The topological polar surface area (TPSA) is 59.1 Å². The van der Waals surface area contributed by atoms with Crippen molar-refractivity contribution in [2.75, 3.05) is 26.8 Å². The summed E-state index contributed by atoms with van der Waals surface area (Å²) in [6.07, 6.45) is 23.5.